The molecular formula is C9H11BrSi. The predicted molar refractivity (Wildman–Crippen MR) is 57.8 cm³/mol. The van der Waals surface area contributed by atoms with E-state index in [4.69, 9.17) is 0 Å². The molecule has 0 spiro atoms. The van der Waals surface area contributed by atoms with Gasteiger partial charge in [0, 0.05) is 0 Å². The molecule has 0 nitrogen and oxygen atoms in total. The molecule has 0 amide bonds. The maximum Gasteiger partial charge on any atom is 0.0570 e. The first-order valence-electron chi connectivity index (χ1n) is 3.71. The number of alkyl halides is 1. The van der Waals surface area contributed by atoms with Gasteiger partial charge in [-0.25, -0.2) is 0 Å². The summed E-state index contributed by atoms with van der Waals surface area (Å²) in [5.41, 5.74) is 3.62. The third-order valence-electron chi connectivity index (χ3n) is 1.39. The van der Waals surface area contributed by atoms with Gasteiger partial charge < -0.3 is 0 Å². The van der Waals surface area contributed by atoms with Crippen LogP contribution in [0.2, 0.25) is 0 Å². The Labute approximate surface area is 78.3 Å². The van der Waals surface area contributed by atoms with E-state index < -0.39 is 0 Å². The molecule has 0 aliphatic rings. The molecule has 0 unspecified atom stereocenters. The predicted octanol–water partition coefficient (Wildman–Crippen LogP) is 2.18. The van der Waals surface area contributed by atoms with Crippen LogP contribution in [0.4, 0.5) is 0 Å². The molecule has 58 valence electrons. The van der Waals surface area contributed by atoms with Crippen LogP contribution in [-0.4, -0.2) is 14.5 Å². The quantitative estimate of drug-likeness (QED) is 0.548. The molecule has 11 heavy (non-hydrogen) atoms. The second kappa shape index (κ2) is 5.33. The molecule has 0 aromatic heterocycles. The van der Waals surface area contributed by atoms with Gasteiger partial charge in [-0.15, -0.1) is 5.70 Å². The molecule has 0 saturated heterocycles. The summed E-state index contributed by atoms with van der Waals surface area (Å²) in [6, 6.07) is 10.4. The first-order chi connectivity index (χ1) is 5.43. The van der Waals surface area contributed by atoms with E-state index in [1.807, 2.05) is 6.07 Å². The lowest BCUT2D eigenvalue weighted by atomic mass is 10.2. The maximum absolute atomic E-state index is 3.43. The molecule has 0 aliphatic carbocycles. The molecule has 2 heteroatoms. The van der Waals surface area contributed by atoms with Gasteiger partial charge in [-0.05, 0) is 10.5 Å². The molecule has 1 aromatic carbocycles. The summed E-state index contributed by atoms with van der Waals surface area (Å²) in [6.45, 7) is 0. The van der Waals surface area contributed by atoms with Gasteiger partial charge in [0.2, 0.25) is 0 Å². The first kappa shape index (κ1) is 8.75. The minimum Gasteiger partial charge on any atom is -0.100 e. The number of halogens is 1. The van der Waals surface area contributed by atoms with Crippen molar-refractivity contribution in [3.05, 3.63) is 41.6 Å². The Balaban J connectivity index is 2.50. The van der Waals surface area contributed by atoms with Crippen LogP contribution in [0, 0.1) is 0 Å². The van der Waals surface area contributed by atoms with E-state index in [-0.39, 0.29) is 9.52 Å². The summed E-state index contributed by atoms with van der Waals surface area (Å²) in [6.07, 6.45) is 2.20. The van der Waals surface area contributed by atoms with E-state index in [1.165, 1.54) is 10.5 Å². The fraction of sp³-hybridized carbons (Fsp3) is 0.111. The highest BCUT2D eigenvalue weighted by molar-refractivity contribution is 9.09. The third-order valence-corrected chi connectivity index (χ3v) is 3.55. The van der Waals surface area contributed by atoms with Gasteiger partial charge in [-0.2, -0.15) is 0 Å². The highest BCUT2D eigenvalue weighted by Crippen LogP contribution is 1.99. The molecule has 1 rings (SSSR count). The van der Waals surface area contributed by atoms with Crippen molar-refractivity contribution >= 4 is 31.5 Å². The number of benzene rings is 1. The van der Waals surface area contributed by atoms with Crippen LogP contribution >= 0.6 is 15.9 Å². The highest BCUT2D eigenvalue weighted by atomic mass is 79.9. The zero-order valence-corrected chi connectivity index (χ0v) is 9.33. The summed E-state index contributed by atoms with van der Waals surface area (Å²) in [7, 11) is 0.0140. The van der Waals surface area contributed by atoms with E-state index in [2.05, 4.69) is 52.0 Å². The van der Waals surface area contributed by atoms with E-state index in [0.717, 1.165) is 0 Å². The number of hydrogen-bond donors (Lipinski definition) is 0. The zero-order valence-electron chi connectivity index (χ0n) is 6.33. The largest absolute Gasteiger partial charge is 0.100 e. The van der Waals surface area contributed by atoms with E-state index >= 15 is 0 Å². The van der Waals surface area contributed by atoms with E-state index in [1.54, 1.807) is 0 Å². The van der Waals surface area contributed by atoms with Gasteiger partial charge in [0.05, 0.1) is 9.52 Å². The molecule has 0 bridgehead atoms. The second-order valence-corrected chi connectivity index (χ2v) is 6.10. The summed E-state index contributed by atoms with van der Waals surface area (Å²) in [5.74, 6) is 0. The molecule has 1 aromatic rings. The molecule has 0 radical (unpaired) electrons. The Bertz CT molecular complexity index is 218. The van der Waals surface area contributed by atoms with Crippen LogP contribution in [0.15, 0.2) is 36.0 Å². The van der Waals surface area contributed by atoms with Crippen molar-refractivity contribution in [2.45, 2.75) is 0 Å². The molecule has 0 heterocycles. The van der Waals surface area contributed by atoms with Crippen molar-refractivity contribution in [2.24, 2.45) is 0 Å². The summed E-state index contributed by atoms with van der Waals surface area (Å²) >= 11 is 3.43. The van der Waals surface area contributed by atoms with Crippen LogP contribution < -0.4 is 0 Å². The summed E-state index contributed by atoms with van der Waals surface area (Å²) < 4.78 is 0. The second-order valence-electron chi connectivity index (χ2n) is 2.29. The molecule has 0 atom stereocenters. The SMILES string of the molecule is BrC[SiH2]C=Cc1ccccc1. The average Bonchev–Trinajstić information content (AvgIpc) is 2.07. The molecule has 0 saturated carbocycles. The lowest BCUT2D eigenvalue weighted by Gasteiger charge is -1.89. The summed E-state index contributed by atoms with van der Waals surface area (Å²) in [5, 5.41) is 0. The van der Waals surface area contributed by atoms with Crippen LogP contribution in [0.5, 0.6) is 0 Å². The lowest BCUT2D eigenvalue weighted by molar-refractivity contribution is 1.66. The van der Waals surface area contributed by atoms with Crippen molar-refractivity contribution < 1.29 is 0 Å². The first-order valence-corrected chi connectivity index (χ1v) is 6.65. The van der Waals surface area contributed by atoms with Crippen LogP contribution in [0.25, 0.3) is 6.08 Å². The standard InChI is InChI=1S/C9H11BrSi/c10-8-11-7-6-9-4-2-1-3-5-9/h1-7H,8,11H2. The minimum absolute atomic E-state index is 0.0140. The monoisotopic (exact) mass is 226 g/mol. The normalized spacial score (nSPS) is 11.7. The Morgan fingerprint density at radius 1 is 1.27 bits per heavy atom. The van der Waals surface area contributed by atoms with Crippen molar-refractivity contribution in [2.75, 3.05) is 4.95 Å². The Morgan fingerprint density at radius 3 is 2.64 bits per heavy atom. The van der Waals surface area contributed by atoms with Crippen molar-refractivity contribution in [1.82, 2.24) is 0 Å². The molecule has 0 fully saturated rings. The fourth-order valence-electron chi connectivity index (χ4n) is 0.847. The van der Waals surface area contributed by atoms with Crippen molar-refractivity contribution in [3.8, 4) is 0 Å². The number of rotatable bonds is 3. The third kappa shape index (κ3) is 3.53. The molecule has 0 N–H and O–H groups in total. The van der Waals surface area contributed by atoms with E-state index in [0.29, 0.717) is 0 Å². The average molecular weight is 227 g/mol. The van der Waals surface area contributed by atoms with Crippen LogP contribution in [-0.2, 0) is 0 Å². The topological polar surface area (TPSA) is 0 Å². The molecular weight excluding hydrogens is 216 g/mol. The lowest BCUT2D eigenvalue weighted by Crippen LogP contribution is -1.83. The Hall–Kier alpha value is -0.343. The summed E-state index contributed by atoms with van der Waals surface area (Å²) in [4.78, 5) is 1.18. The Kier molecular flexibility index (Phi) is 4.24. The zero-order chi connectivity index (χ0) is 7.94. The minimum atomic E-state index is 0.0140. The van der Waals surface area contributed by atoms with Crippen LogP contribution in [0.3, 0.4) is 0 Å². The Morgan fingerprint density at radius 2 is 2.00 bits per heavy atom. The van der Waals surface area contributed by atoms with Crippen molar-refractivity contribution in [1.29, 1.82) is 0 Å². The van der Waals surface area contributed by atoms with Gasteiger partial charge in [-0.3, -0.25) is 0 Å². The molecule has 0 aliphatic heterocycles. The van der Waals surface area contributed by atoms with E-state index in [9.17, 15) is 0 Å². The maximum atomic E-state index is 3.43. The van der Waals surface area contributed by atoms with Gasteiger partial charge in [-0.1, -0.05) is 52.3 Å². The number of hydrogen-bond acceptors (Lipinski definition) is 0. The van der Waals surface area contributed by atoms with Gasteiger partial charge >= 0.3 is 0 Å². The van der Waals surface area contributed by atoms with Gasteiger partial charge in [0.25, 0.3) is 0 Å². The smallest absolute Gasteiger partial charge is 0.0570 e. The van der Waals surface area contributed by atoms with Crippen molar-refractivity contribution in [3.63, 3.8) is 0 Å². The van der Waals surface area contributed by atoms with Gasteiger partial charge in [0.15, 0.2) is 0 Å². The van der Waals surface area contributed by atoms with Crippen LogP contribution in [0.1, 0.15) is 5.56 Å². The fourth-order valence-corrected chi connectivity index (χ4v) is 2.20. The van der Waals surface area contributed by atoms with Gasteiger partial charge in [0.1, 0.15) is 0 Å². The highest BCUT2D eigenvalue weighted by Gasteiger charge is 1.81.